The molecule has 0 aliphatic carbocycles. The first-order chi connectivity index (χ1) is 2.27. The molecule has 5 heavy (non-hydrogen) atoms. The topological polar surface area (TPSA) is 17.1 Å². The van der Waals surface area contributed by atoms with Gasteiger partial charge in [0.25, 0.3) is 0 Å². The normalized spacial score (nSPS) is 9.60. The van der Waals surface area contributed by atoms with Crippen molar-refractivity contribution in [3.05, 3.63) is 0 Å². The Hall–Kier alpha value is 0.783. The Morgan fingerprint density at radius 3 is 1.80 bits per heavy atom. The fourth-order valence-electron chi connectivity index (χ4n) is 0. The Labute approximate surface area is 42.4 Å². The average molecular weight is 200 g/mol. The SMILES string of the molecule is O=[C]=[Ru]([Cl])[Cl]. The molecule has 0 aliphatic heterocycles. The van der Waals surface area contributed by atoms with E-state index in [-0.39, 0.29) is 0 Å². The fraction of sp³-hybridized carbons (Fsp3) is 0. The number of hydrogen-bond donors (Lipinski definition) is 0. The molecule has 0 rings (SSSR count). The van der Waals surface area contributed by atoms with Crippen LogP contribution < -0.4 is 0 Å². The maximum atomic E-state index is 9.18. The summed E-state index contributed by atoms with van der Waals surface area (Å²) in [7, 11) is 9.89. The van der Waals surface area contributed by atoms with E-state index in [9.17, 15) is 4.79 Å². The van der Waals surface area contributed by atoms with Crippen molar-refractivity contribution in [2.45, 2.75) is 0 Å². The van der Waals surface area contributed by atoms with Crippen molar-refractivity contribution in [1.29, 1.82) is 0 Å². The van der Waals surface area contributed by atoms with Gasteiger partial charge >= 0.3 is 42.2 Å². The molecule has 0 heterocycles. The molecule has 0 amide bonds. The Morgan fingerprint density at radius 1 is 1.60 bits per heavy atom. The molecule has 0 aliphatic rings. The molecule has 0 atom stereocenters. The molecule has 4 heteroatoms. The van der Waals surface area contributed by atoms with Crippen LogP contribution in [-0.2, 0) is 18.3 Å². The van der Waals surface area contributed by atoms with E-state index in [1.165, 1.54) is 4.47 Å². The van der Waals surface area contributed by atoms with Gasteiger partial charge in [0.15, 0.2) is 0 Å². The standard InChI is InChI=1S/CO.2ClH.Ru/c1-2;;;/h;2*1H;/q;;;+2/p-2. The van der Waals surface area contributed by atoms with Gasteiger partial charge in [-0.05, 0) is 0 Å². The van der Waals surface area contributed by atoms with Gasteiger partial charge in [-0.2, -0.15) is 0 Å². The Bertz CT molecular complexity index is 69.7. The van der Waals surface area contributed by atoms with Gasteiger partial charge in [-0.3, -0.25) is 0 Å². The van der Waals surface area contributed by atoms with Crippen LogP contribution in [0.1, 0.15) is 0 Å². The van der Waals surface area contributed by atoms with E-state index in [1.807, 2.05) is 0 Å². The number of carbonyl (C=O) groups excluding carboxylic acids is 1. The van der Waals surface area contributed by atoms with Crippen LogP contribution in [0.15, 0.2) is 0 Å². The first kappa shape index (κ1) is 5.78. The molecular weight excluding hydrogens is 200 g/mol. The zero-order valence-electron chi connectivity index (χ0n) is 2.02. The zero-order valence-corrected chi connectivity index (χ0v) is 5.27. The second-order valence-corrected chi connectivity index (χ2v) is 5.49. The molecule has 0 aromatic heterocycles. The Kier molecular flexibility index (Phi) is 3.46. The predicted octanol–water partition coefficient (Wildman–Crippen LogP) is 0.979. The molecule has 1 nitrogen and oxygen atoms in total. The van der Waals surface area contributed by atoms with Crippen LogP contribution in [-0.4, -0.2) is 4.47 Å². The molecule has 0 fully saturated rings. The average Bonchev–Trinajstić information content (AvgIpc) is 1.38. The molecule has 0 spiro atoms. The summed E-state index contributed by atoms with van der Waals surface area (Å²) in [5.74, 6) is 0. The van der Waals surface area contributed by atoms with Crippen molar-refractivity contribution in [3.63, 3.8) is 0 Å². The summed E-state index contributed by atoms with van der Waals surface area (Å²) in [5.41, 5.74) is 0. The molecule has 0 radical (unpaired) electrons. The van der Waals surface area contributed by atoms with E-state index < -0.39 is 13.5 Å². The van der Waals surface area contributed by atoms with Crippen molar-refractivity contribution in [1.82, 2.24) is 0 Å². The molecular formula is CCl2ORu. The third-order valence-electron chi connectivity index (χ3n) is 0.0546. The second kappa shape index (κ2) is 2.99. The van der Waals surface area contributed by atoms with Crippen LogP contribution in [0.4, 0.5) is 0 Å². The van der Waals surface area contributed by atoms with Crippen molar-refractivity contribution < 1.29 is 18.3 Å². The summed E-state index contributed by atoms with van der Waals surface area (Å²) in [6.07, 6.45) is 0. The van der Waals surface area contributed by atoms with Gasteiger partial charge in [0.2, 0.25) is 0 Å². The Morgan fingerprint density at radius 2 is 1.80 bits per heavy atom. The first-order valence-electron chi connectivity index (χ1n) is 0.648. The second-order valence-electron chi connectivity index (χ2n) is 0.256. The molecule has 32 valence electrons. The van der Waals surface area contributed by atoms with Gasteiger partial charge in [-0.25, -0.2) is 0 Å². The van der Waals surface area contributed by atoms with Crippen LogP contribution in [0.5, 0.6) is 0 Å². The van der Waals surface area contributed by atoms with E-state index in [0.717, 1.165) is 0 Å². The molecule has 0 aromatic rings. The predicted molar refractivity (Wildman–Crippen MR) is 17.4 cm³/mol. The van der Waals surface area contributed by atoms with E-state index in [0.29, 0.717) is 0 Å². The van der Waals surface area contributed by atoms with Crippen LogP contribution in [0.3, 0.4) is 0 Å². The third-order valence-corrected chi connectivity index (χ3v) is 0.968. The van der Waals surface area contributed by atoms with Crippen molar-refractivity contribution >= 4 is 23.9 Å². The van der Waals surface area contributed by atoms with Crippen LogP contribution in [0.25, 0.3) is 0 Å². The fourth-order valence-corrected chi connectivity index (χ4v) is 0. The summed E-state index contributed by atoms with van der Waals surface area (Å²) in [6.45, 7) is 0. The van der Waals surface area contributed by atoms with Crippen molar-refractivity contribution in [2.75, 3.05) is 0 Å². The maximum absolute atomic E-state index is 9.18. The summed E-state index contributed by atoms with van der Waals surface area (Å²) in [5, 5.41) is 0. The van der Waals surface area contributed by atoms with Gasteiger partial charge in [0, 0.05) is 0 Å². The summed E-state index contributed by atoms with van der Waals surface area (Å²) in [6, 6.07) is 0. The van der Waals surface area contributed by atoms with Crippen LogP contribution >= 0.6 is 19.4 Å². The van der Waals surface area contributed by atoms with Gasteiger partial charge in [-0.1, -0.05) is 0 Å². The van der Waals surface area contributed by atoms with Gasteiger partial charge < -0.3 is 0 Å². The van der Waals surface area contributed by atoms with Gasteiger partial charge in [0.1, 0.15) is 0 Å². The van der Waals surface area contributed by atoms with E-state index >= 15 is 0 Å². The zero-order chi connectivity index (χ0) is 4.28. The van der Waals surface area contributed by atoms with E-state index in [1.54, 1.807) is 0 Å². The summed E-state index contributed by atoms with van der Waals surface area (Å²) < 4.78 is 1.45. The van der Waals surface area contributed by atoms with Gasteiger partial charge in [0.05, 0.1) is 0 Å². The summed E-state index contributed by atoms with van der Waals surface area (Å²) in [4.78, 5) is 9.18. The minimum atomic E-state index is -2.04. The molecule has 0 aromatic carbocycles. The van der Waals surface area contributed by atoms with Crippen molar-refractivity contribution in [2.24, 2.45) is 0 Å². The van der Waals surface area contributed by atoms with E-state index in [2.05, 4.69) is 0 Å². The molecule has 0 unspecified atom stereocenters. The number of rotatable bonds is 0. The number of halogens is 2. The molecule has 0 N–H and O–H groups in total. The first-order valence-corrected chi connectivity index (χ1v) is 5.99. The molecule has 0 bridgehead atoms. The summed E-state index contributed by atoms with van der Waals surface area (Å²) >= 11 is -2.04. The molecule has 0 saturated carbocycles. The number of hydrogen-bond acceptors (Lipinski definition) is 1. The van der Waals surface area contributed by atoms with E-state index in [4.69, 9.17) is 19.4 Å². The van der Waals surface area contributed by atoms with Crippen LogP contribution in [0.2, 0.25) is 0 Å². The van der Waals surface area contributed by atoms with Gasteiger partial charge in [-0.15, -0.1) is 0 Å². The quantitative estimate of drug-likeness (QED) is 0.532. The minimum absolute atomic E-state index is 1.45. The molecule has 0 saturated heterocycles. The Balaban J connectivity index is 3.60. The van der Waals surface area contributed by atoms with Crippen molar-refractivity contribution in [3.8, 4) is 0 Å². The third kappa shape index (κ3) is 4.78. The van der Waals surface area contributed by atoms with Crippen LogP contribution in [0, 0.1) is 0 Å². The monoisotopic (exact) mass is 200 g/mol.